The lowest BCUT2D eigenvalue weighted by atomic mass is 9.98. The molecular weight excluding hydrogens is 350 g/mol. The number of hydrogen-bond donors (Lipinski definition) is 2. The van der Waals surface area contributed by atoms with Crippen LogP contribution in [0, 0.1) is 0 Å². The molecule has 0 fully saturated rings. The molecule has 0 saturated heterocycles. The molecule has 2 N–H and O–H groups in total. The highest BCUT2D eigenvalue weighted by atomic mass is 32.2. The molecule has 0 aliphatic carbocycles. The third-order valence-electron chi connectivity index (χ3n) is 4.83. The molecule has 0 aliphatic rings. The van der Waals surface area contributed by atoms with Crippen molar-refractivity contribution in [1.29, 1.82) is 0 Å². The number of unbranched alkanes of at least 4 members (excludes halogenated alkanes) is 1. The van der Waals surface area contributed by atoms with E-state index in [9.17, 15) is 13.2 Å². The number of aryl methyl sites for hydroxylation is 1. The predicted molar refractivity (Wildman–Crippen MR) is 103 cm³/mol. The molecule has 1 unspecified atom stereocenters. The molecule has 1 amide bonds. The molecule has 6 heteroatoms. The van der Waals surface area contributed by atoms with Gasteiger partial charge in [0.25, 0.3) is 5.91 Å². The van der Waals surface area contributed by atoms with Crippen molar-refractivity contribution in [2.75, 3.05) is 6.26 Å². The van der Waals surface area contributed by atoms with E-state index in [-0.39, 0.29) is 6.42 Å². The minimum atomic E-state index is -3.63. The van der Waals surface area contributed by atoms with Crippen LogP contribution >= 0.6 is 0 Å². The molecule has 0 spiro atoms. The van der Waals surface area contributed by atoms with Gasteiger partial charge in [-0.1, -0.05) is 61.0 Å². The molecule has 140 valence electrons. The molecule has 5 nitrogen and oxygen atoms in total. The summed E-state index contributed by atoms with van der Waals surface area (Å²) in [5, 5.41) is 8.82. The Hall–Kier alpha value is -2.18. The predicted octanol–water partition coefficient (Wildman–Crippen LogP) is 3.38. The Balaban J connectivity index is 1.92. The van der Waals surface area contributed by atoms with Crippen LogP contribution in [0.3, 0.4) is 0 Å². The zero-order valence-electron chi connectivity index (χ0n) is 15.1. The number of hydrogen-bond acceptors (Lipinski definition) is 4. The summed E-state index contributed by atoms with van der Waals surface area (Å²) in [7, 11) is -3.63. The van der Waals surface area contributed by atoms with Crippen molar-refractivity contribution in [3.05, 3.63) is 60.2 Å². The van der Waals surface area contributed by atoms with Gasteiger partial charge in [0.1, 0.15) is 4.75 Å². The van der Waals surface area contributed by atoms with Crippen LogP contribution in [0.2, 0.25) is 0 Å². The van der Waals surface area contributed by atoms with E-state index < -0.39 is 20.5 Å². The Morgan fingerprint density at radius 2 is 1.58 bits per heavy atom. The number of carbonyl (C=O) groups is 1. The Morgan fingerprint density at radius 3 is 2.12 bits per heavy atom. The minimum Gasteiger partial charge on any atom is -0.289 e. The molecule has 0 heterocycles. The first-order chi connectivity index (χ1) is 12.3. The van der Waals surface area contributed by atoms with Crippen molar-refractivity contribution in [1.82, 2.24) is 5.48 Å². The van der Waals surface area contributed by atoms with Gasteiger partial charge in [-0.2, -0.15) is 0 Å². The molecule has 0 radical (unpaired) electrons. The molecule has 0 aliphatic heterocycles. The number of carbonyl (C=O) groups excluding carboxylic acids is 1. The molecule has 0 bridgehead atoms. The molecule has 0 saturated carbocycles. The fraction of sp³-hybridized carbons (Fsp3) is 0.350. The Labute approximate surface area is 154 Å². The normalized spacial score (nSPS) is 13.8. The van der Waals surface area contributed by atoms with Crippen LogP contribution in [0.5, 0.6) is 0 Å². The van der Waals surface area contributed by atoms with E-state index in [0.29, 0.717) is 6.42 Å². The second-order valence-corrected chi connectivity index (χ2v) is 9.16. The zero-order chi connectivity index (χ0) is 19.2. The van der Waals surface area contributed by atoms with Crippen LogP contribution < -0.4 is 5.48 Å². The lowest BCUT2D eigenvalue weighted by molar-refractivity contribution is -0.131. The largest absolute Gasteiger partial charge is 0.289 e. The summed E-state index contributed by atoms with van der Waals surface area (Å²) in [6.45, 7) is 1.35. The van der Waals surface area contributed by atoms with E-state index in [4.69, 9.17) is 5.21 Å². The number of amides is 1. The van der Waals surface area contributed by atoms with Gasteiger partial charge in [0, 0.05) is 6.26 Å². The number of sulfone groups is 1. The molecule has 2 rings (SSSR count). The maximum Gasteiger partial charge on any atom is 0.264 e. The summed E-state index contributed by atoms with van der Waals surface area (Å²) < 4.78 is 22.2. The monoisotopic (exact) mass is 375 g/mol. The van der Waals surface area contributed by atoms with Crippen LogP contribution in [0.4, 0.5) is 0 Å². The molecule has 1 atom stereocenters. The average molecular weight is 375 g/mol. The first kappa shape index (κ1) is 20.1. The van der Waals surface area contributed by atoms with Gasteiger partial charge in [0.15, 0.2) is 9.84 Å². The van der Waals surface area contributed by atoms with Crippen LogP contribution in [0.1, 0.15) is 31.7 Å². The van der Waals surface area contributed by atoms with Gasteiger partial charge >= 0.3 is 0 Å². The second-order valence-electron chi connectivity index (χ2n) is 6.71. The maximum absolute atomic E-state index is 11.9. The van der Waals surface area contributed by atoms with Gasteiger partial charge in [-0.3, -0.25) is 10.0 Å². The van der Waals surface area contributed by atoms with Gasteiger partial charge in [0.05, 0.1) is 0 Å². The van der Waals surface area contributed by atoms with Gasteiger partial charge in [-0.15, -0.1) is 0 Å². The standard InChI is InChI=1S/C20H25NO4S/c1-20(19(22)21-23,26(2,24)25)15-7-6-8-16-11-13-18(14-12-16)17-9-4-3-5-10-17/h3-5,9-14,23H,6-8,15H2,1-2H3,(H,21,22). The summed E-state index contributed by atoms with van der Waals surface area (Å²) in [5.74, 6) is -0.882. The zero-order valence-corrected chi connectivity index (χ0v) is 15.9. The fourth-order valence-electron chi connectivity index (χ4n) is 2.87. The Morgan fingerprint density at radius 1 is 1.00 bits per heavy atom. The van der Waals surface area contributed by atoms with Crippen LogP contribution in [-0.2, 0) is 21.1 Å². The number of nitrogens with one attached hydrogen (secondary N) is 1. The smallest absolute Gasteiger partial charge is 0.264 e. The van der Waals surface area contributed by atoms with Gasteiger partial charge in [0.2, 0.25) is 0 Å². The van der Waals surface area contributed by atoms with Crippen molar-refractivity contribution < 1.29 is 18.4 Å². The van der Waals surface area contributed by atoms with E-state index in [2.05, 4.69) is 36.4 Å². The summed E-state index contributed by atoms with van der Waals surface area (Å²) in [4.78, 5) is 11.8. The number of rotatable bonds is 8. The van der Waals surface area contributed by atoms with E-state index >= 15 is 0 Å². The SMILES string of the molecule is CC(CCCCc1ccc(-c2ccccc2)cc1)(C(=O)NO)S(C)(=O)=O. The first-order valence-corrected chi connectivity index (χ1v) is 10.5. The summed E-state index contributed by atoms with van der Waals surface area (Å²) in [6.07, 6.45) is 3.31. The topological polar surface area (TPSA) is 83.5 Å². The van der Waals surface area contributed by atoms with Gasteiger partial charge in [-0.05, 0) is 42.9 Å². The summed E-state index contributed by atoms with van der Waals surface area (Å²) >= 11 is 0. The molecule has 0 aromatic heterocycles. The highest BCUT2D eigenvalue weighted by Gasteiger charge is 2.42. The van der Waals surface area contributed by atoms with Crippen LogP contribution in [0.25, 0.3) is 11.1 Å². The first-order valence-electron chi connectivity index (χ1n) is 8.56. The third kappa shape index (κ3) is 4.71. The molecular formula is C20H25NO4S. The third-order valence-corrected chi connectivity index (χ3v) is 6.86. The van der Waals surface area contributed by atoms with E-state index in [1.807, 2.05) is 18.2 Å². The van der Waals surface area contributed by atoms with Crippen molar-refractivity contribution in [3.63, 3.8) is 0 Å². The maximum atomic E-state index is 11.9. The molecule has 2 aromatic rings. The van der Waals surface area contributed by atoms with E-state index in [1.165, 1.54) is 12.4 Å². The highest BCUT2D eigenvalue weighted by Crippen LogP contribution is 2.25. The number of hydroxylamine groups is 1. The van der Waals surface area contributed by atoms with Crippen LogP contribution in [0.15, 0.2) is 54.6 Å². The van der Waals surface area contributed by atoms with Gasteiger partial charge < -0.3 is 0 Å². The lowest BCUT2D eigenvalue weighted by Crippen LogP contribution is -2.49. The molecule has 26 heavy (non-hydrogen) atoms. The van der Waals surface area contributed by atoms with E-state index in [1.54, 1.807) is 0 Å². The van der Waals surface area contributed by atoms with Crippen molar-refractivity contribution in [2.24, 2.45) is 0 Å². The lowest BCUT2D eigenvalue weighted by Gasteiger charge is -2.24. The van der Waals surface area contributed by atoms with Gasteiger partial charge in [-0.25, -0.2) is 13.9 Å². The second kappa shape index (κ2) is 8.47. The fourth-order valence-corrected chi connectivity index (χ4v) is 3.77. The Kier molecular flexibility index (Phi) is 6.56. The van der Waals surface area contributed by atoms with Crippen molar-refractivity contribution >= 4 is 15.7 Å². The summed E-state index contributed by atoms with van der Waals surface area (Å²) in [5.41, 5.74) is 4.95. The van der Waals surface area contributed by atoms with Crippen LogP contribution in [-0.4, -0.2) is 30.5 Å². The molecule has 2 aromatic carbocycles. The summed E-state index contributed by atoms with van der Waals surface area (Å²) in [6, 6.07) is 18.4. The van der Waals surface area contributed by atoms with E-state index in [0.717, 1.165) is 35.8 Å². The quantitative estimate of drug-likeness (QED) is 0.421. The average Bonchev–Trinajstić information content (AvgIpc) is 2.64. The Bertz CT molecular complexity index is 832. The van der Waals surface area contributed by atoms with Crippen molar-refractivity contribution in [2.45, 2.75) is 37.4 Å². The van der Waals surface area contributed by atoms with Crippen molar-refractivity contribution in [3.8, 4) is 11.1 Å². The minimum absolute atomic E-state index is 0.167. The number of benzene rings is 2. The highest BCUT2D eigenvalue weighted by molar-refractivity contribution is 7.92.